The number of likely N-dealkylation sites (tertiary alicyclic amines) is 1. The average molecular weight is 374 g/mol. The topological polar surface area (TPSA) is 61.4 Å². The molecule has 2 N–H and O–H groups in total. The van der Waals surface area contributed by atoms with E-state index in [-0.39, 0.29) is 4.90 Å². The summed E-state index contributed by atoms with van der Waals surface area (Å²) in [6.45, 7) is 6.43. The van der Waals surface area contributed by atoms with Gasteiger partial charge in [-0.05, 0) is 62.7 Å². The largest absolute Gasteiger partial charge is 0.382 e. The van der Waals surface area contributed by atoms with E-state index < -0.39 is 10.0 Å². The maximum atomic E-state index is 12.5. The number of nitrogens with zero attached hydrogens (tertiary/aromatic N) is 1. The number of aryl methyl sites for hydroxylation is 1. The zero-order valence-corrected chi connectivity index (χ0v) is 16.4. The number of piperidine rings is 1. The molecule has 5 nitrogen and oxygen atoms in total. The molecule has 1 fully saturated rings. The molecule has 140 valence electrons. The monoisotopic (exact) mass is 373 g/mol. The van der Waals surface area contributed by atoms with Crippen molar-refractivity contribution < 1.29 is 8.42 Å². The quantitative estimate of drug-likeness (QED) is 0.841. The summed E-state index contributed by atoms with van der Waals surface area (Å²) >= 11 is 0. The van der Waals surface area contributed by atoms with Crippen molar-refractivity contribution in [3.05, 3.63) is 54.1 Å². The molecule has 6 heteroatoms. The highest BCUT2D eigenvalue weighted by molar-refractivity contribution is 7.92. The zero-order chi connectivity index (χ0) is 18.7. The standard InChI is InChI=1S/C20H27N3O2S/c1-15-9-10-17(22-26(24,25)18-7-5-4-6-8-18)13-20(15)21-19-11-12-23(3)14-16(19)2/h4-10,13,16,19,21-22H,11-12,14H2,1-3H3. The molecule has 26 heavy (non-hydrogen) atoms. The highest BCUT2D eigenvalue weighted by Gasteiger charge is 2.24. The Balaban J connectivity index is 1.78. The summed E-state index contributed by atoms with van der Waals surface area (Å²) in [5, 5.41) is 3.62. The summed E-state index contributed by atoms with van der Waals surface area (Å²) in [5.74, 6) is 0.540. The van der Waals surface area contributed by atoms with Crippen molar-refractivity contribution in [2.45, 2.75) is 31.2 Å². The van der Waals surface area contributed by atoms with Gasteiger partial charge in [0.2, 0.25) is 0 Å². The van der Waals surface area contributed by atoms with Gasteiger partial charge in [-0.15, -0.1) is 0 Å². The first-order valence-electron chi connectivity index (χ1n) is 8.99. The van der Waals surface area contributed by atoms with E-state index in [4.69, 9.17) is 0 Å². The van der Waals surface area contributed by atoms with E-state index in [9.17, 15) is 8.42 Å². The van der Waals surface area contributed by atoms with Crippen LogP contribution in [0.4, 0.5) is 11.4 Å². The number of hydrogen-bond donors (Lipinski definition) is 2. The highest BCUT2D eigenvalue weighted by atomic mass is 32.2. The van der Waals surface area contributed by atoms with E-state index in [1.165, 1.54) is 0 Å². The van der Waals surface area contributed by atoms with Crippen molar-refractivity contribution in [1.29, 1.82) is 0 Å². The smallest absolute Gasteiger partial charge is 0.261 e. The Labute approximate surface area is 156 Å². The molecule has 0 aliphatic carbocycles. The lowest BCUT2D eigenvalue weighted by Crippen LogP contribution is -2.43. The lowest BCUT2D eigenvalue weighted by atomic mass is 9.93. The van der Waals surface area contributed by atoms with Gasteiger partial charge >= 0.3 is 0 Å². The van der Waals surface area contributed by atoms with Crippen LogP contribution in [0.25, 0.3) is 0 Å². The summed E-state index contributed by atoms with van der Waals surface area (Å²) in [5.41, 5.74) is 2.67. The van der Waals surface area contributed by atoms with Crippen molar-refractivity contribution in [2.24, 2.45) is 5.92 Å². The molecule has 1 heterocycles. The first-order valence-corrected chi connectivity index (χ1v) is 10.5. The van der Waals surface area contributed by atoms with Crippen LogP contribution in [0, 0.1) is 12.8 Å². The SMILES string of the molecule is Cc1ccc(NS(=O)(=O)c2ccccc2)cc1NC1CCN(C)CC1C. The minimum Gasteiger partial charge on any atom is -0.382 e. The van der Waals surface area contributed by atoms with Gasteiger partial charge in [0.15, 0.2) is 0 Å². The Morgan fingerprint density at radius 3 is 2.54 bits per heavy atom. The maximum Gasteiger partial charge on any atom is 0.261 e. The lowest BCUT2D eigenvalue weighted by Gasteiger charge is -2.36. The minimum absolute atomic E-state index is 0.263. The van der Waals surface area contributed by atoms with Gasteiger partial charge in [-0.2, -0.15) is 0 Å². The number of rotatable bonds is 5. The molecule has 1 aliphatic heterocycles. The van der Waals surface area contributed by atoms with Crippen molar-refractivity contribution in [3.63, 3.8) is 0 Å². The molecule has 0 saturated carbocycles. The van der Waals surface area contributed by atoms with E-state index in [1.54, 1.807) is 36.4 Å². The molecule has 2 aromatic carbocycles. The van der Waals surface area contributed by atoms with Crippen LogP contribution < -0.4 is 10.0 Å². The summed E-state index contributed by atoms with van der Waals surface area (Å²) < 4.78 is 27.8. The maximum absolute atomic E-state index is 12.5. The van der Waals surface area contributed by atoms with Gasteiger partial charge in [0.05, 0.1) is 10.6 Å². The fraction of sp³-hybridized carbons (Fsp3) is 0.400. The third-order valence-corrected chi connectivity index (χ3v) is 6.39. The normalized spacial score (nSPS) is 21.3. The molecule has 0 amide bonds. The van der Waals surface area contributed by atoms with Crippen LogP contribution in [-0.4, -0.2) is 39.5 Å². The van der Waals surface area contributed by atoms with Gasteiger partial charge in [-0.3, -0.25) is 4.72 Å². The molecule has 0 spiro atoms. The Morgan fingerprint density at radius 2 is 1.85 bits per heavy atom. The third kappa shape index (κ3) is 4.37. The van der Waals surface area contributed by atoms with Crippen LogP contribution in [0.15, 0.2) is 53.4 Å². The van der Waals surface area contributed by atoms with Gasteiger partial charge < -0.3 is 10.2 Å². The van der Waals surface area contributed by atoms with Crippen molar-refractivity contribution in [1.82, 2.24) is 4.90 Å². The number of hydrogen-bond acceptors (Lipinski definition) is 4. The van der Waals surface area contributed by atoms with E-state index >= 15 is 0 Å². The van der Waals surface area contributed by atoms with E-state index in [0.29, 0.717) is 17.6 Å². The predicted octanol–water partition coefficient (Wildman–Crippen LogP) is 3.55. The van der Waals surface area contributed by atoms with Crippen LogP contribution >= 0.6 is 0 Å². The summed E-state index contributed by atoms with van der Waals surface area (Å²) in [6, 6.07) is 14.5. The van der Waals surface area contributed by atoms with Crippen molar-refractivity contribution in [3.8, 4) is 0 Å². The van der Waals surface area contributed by atoms with Gasteiger partial charge in [-0.1, -0.05) is 31.2 Å². The Morgan fingerprint density at radius 1 is 1.12 bits per heavy atom. The van der Waals surface area contributed by atoms with Crippen LogP contribution in [0.5, 0.6) is 0 Å². The Kier molecular flexibility index (Phi) is 5.53. The third-order valence-electron chi connectivity index (χ3n) is 4.99. The zero-order valence-electron chi connectivity index (χ0n) is 15.6. The first kappa shape index (κ1) is 18.7. The molecule has 0 bridgehead atoms. The number of benzene rings is 2. The number of sulfonamides is 1. The molecule has 0 aromatic heterocycles. The van der Waals surface area contributed by atoms with E-state index in [0.717, 1.165) is 30.8 Å². The second kappa shape index (κ2) is 7.68. The average Bonchev–Trinajstić information content (AvgIpc) is 2.61. The highest BCUT2D eigenvalue weighted by Crippen LogP contribution is 2.26. The summed E-state index contributed by atoms with van der Waals surface area (Å²) in [6.07, 6.45) is 1.08. The van der Waals surface area contributed by atoms with E-state index in [1.807, 2.05) is 19.1 Å². The first-order chi connectivity index (χ1) is 12.3. The summed E-state index contributed by atoms with van der Waals surface area (Å²) in [7, 11) is -1.43. The number of nitrogens with one attached hydrogen (secondary N) is 2. The fourth-order valence-electron chi connectivity index (χ4n) is 3.42. The van der Waals surface area contributed by atoms with Gasteiger partial charge in [0, 0.05) is 18.3 Å². The molecule has 2 aromatic rings. The lowest BCUT2D eigenvalue weighted by molar-refractivity contribution is 0.206. The summed E-state index contributed by atoms with van der Waals surface area (Å²) in [4.78, 5) is 2.61. The van der Waals surface area contributed by atoms with E-state index in [2.05, 4.69) is 28.9 Å². The number of anilines is 2. The second-order valence-electron chi connectivity index (χ2n) is 7.23. The van der Waals surface area contributed by atoms with Gasteiger partial charge in [0.1, 0.15) is 0 Å². The Bertz CT molecular complexity index is 853. The van der Waals surface area contributed by atoms with Crippen LogP contribution in [0.1, 0.15) is 18.9 Å². The molecule has 1 saturated heterocycles. The molecule has 3 rings (SSSR count). The molecular formula is C20H27N3O2S. The van der Waals surface area contributed by atoms with Crippen LogP contribution in [-0.2, 0) is 10.0 Å². The predicted molar refractivity (Wildman–Crippen MR) is 107 cm³/mol. The molecular weight excluding hydrogens is 346 g/mol. The molecule has 0 radical (unpaired) electrons. The molecule has 2 unspecified atom stereocenters. The molecule has 1 aliphatic rings. The van der Waals surface area contributed by atoms with Crippen molar-refractivity contribution >= 4 is 21.4 Å². The van der Waals surface area contributed by atoms with Crippen molar-refractivity contribution in [2.75, 3.05) is 30.2 Å². The van der Waals surface area contributed by atoms with Crippen LogP contribution in [0.2, 0.25) is 0 Å². The second-order valence-corrected chi connectivity index (χ2v) is 8.91. The van der Waals surface area contributed by atoms with Gasteiger partial charge in [0.25, 0.3) is 10.0 Å². The Hall–Kier alpha value is -2.05. The fourth-order valence-corrected chi connectivity index (χ4v) is 4.49. The van der Waals surface area contributed by atoms with Gasteiger partial charge in [-0.25, -0.2) is 8.42 Å². The minimum atomic E-state index is -3.58. The van der Waals surface area contributed by atoms with Crippen LogP contribution in [0.3, 0.4) is 0 Å². The molecule has 2 atom stereocenters.